The molecule has 2 rings (SSSR count). The van der Waals surface area contributed by atoms with Gasteiger partial charge in [0.05, 0.1) is 6.61 Å². The van der Waals surface area contributed by atoms with E-state index in [9.17, 15) is 4.39 Å². The number of nitrogens with one attached hydrogen (secondary N) is 2. The summed E-state index contributed by atoms with van der Waals surface area (Å²) in [6.07, 6.45) is 0. The molecule has 24 heavy (non-hydrogen) atoms. The summed E-state index contributed by atoms with van der Waals surface area (Å²) in [6.45, 7) is 2.92. The first-order valence-corrected chi connectivity index (χ1v) is 7.50. The van der Waals surface area contributed by atoms with Crippen LogP contribution < -0.4 is 10.6 Å². The normalized spacial score (nSPS) is 10.9. The maximum Gasteiger partial charge on any atom is 0.191 e. The Morgan fingerprint density at radius 2 is 1.62 bits per heavy atom. The number of aryl methyl sites for hydroxylation is 1. The summed E-state index contributed by atoms with van der Waals surface area (Å²) in [5.74, 6) is 0.276. The van der Waals surface area contributed by atoms with Crippen molar-refractivity contribution in [2.24, 2.45) is 4.99 Å². The van der Waals surface area contributed by atoms with Gasteiger partial charge in [0.15, 0.2) is 5.96 Å². The quantitative estimate of drug-likeness (QED) is 0.378. The van der Waals surface area contributed by atoms with Crippen LogP contribution in [0.3, 0.4) is 0 Å². The molecular formula is C18H23FIN3O. The van der Waals surface area contributed by atoms with E-state index in [1.165, 1.54) is 17.2 Å². The van der Waals surface area contributed by atoms with E-state index in [0.717, 1.165) is 5.56 Å². The largest absolute Gasteiger partial charge is 0.392 e. The van der Waals surface area contributed by atoms with E-state index in [0.29, 0.717) is 24.6 Å². The zero-order valence-corrected chi connectivity index (χ0v) is 16.2. The highest BCUT2D eigenvalue weighted by Gasteiger charge is 2.04. The van der Waals surface area contributed by atoms with Crippen LogP contribution in [0, 0.1) is 12.7 Å². The zero-order valence-electron chi connectivity index (χ0n) is 13.8. The van der Waals surface area contributed by atoms with E-state index in [-0.39, 0.29) is 30.6 Å². The van der Waals surface area contributed by atoms with Crippen molar-refractivity contribution in [2.75, 3.05) is 7.05 Å². The van der Waals surface area contributed by atoms with Gasteiger partial charge < -0.3 is 15.7 Å². The first-order chi connectivity index (χ1) is 11.1. The highest BCUT2D eigenvalue weighted by atomic mass is 127. The highest BCUT2D eigenvalue weighted by molar-refractivity contribution is 14.0. The minimum atomic E-state index is -0.391. The third-order valence-corrected chi connectivity index (χ3v) is 3.54. The Morgan fingerprint density at radius 1 is 1.04 bits per heavy atom. The van der Waals surface area contributed by atoms with Crippen molar-refractivity contribution in [1.29, 1.82) is 0 Å². The number of aliphatic hydroxyl groups excluding tert-OH is 1. The molecule has 0 radical (unpaired) electrons. The minimum absolute atomic E-state index is 0. The lowest BCUT2D eigenvalue weighted by atomic mass is 10.1. The Hall–Kier alpha value is -1.67. The molecule has 0 aliphatic rings. The van der Waals surface area contributed by atoms with Crippen LogP contribution in [0.2, 0.25) is 0 Å². The number of halogens is 2. The van der Waals surface area contributed by atoms with Gasteiger partial charge >= 0.3 is 0 Å². The molecule has 0 saturated heterocycles. The fraction of sp³-hybridized carbons (Fsp3) is 0.278. The lowest BCUT2D eigenvalue weighted by Crippen LogP contribution is -2.36. The summed E-state index contributed by atoms with van der Waals surface area (Å²) in [6, 6.07) is 13.0. The molecule has 2 aromatic rings. The topological polar surface area (TPSA) is 56.7 Å². The van der Waals surface area contributed by atoms with E-state index < -0.39 is 5.82 Å². The van der Waals surface area contributed by atoms with E-state index in [2.05, 4.69) is 46.8 Å². The Bertz CT molecular complexity index is 674. The molecule has 0 fully saturated rings. The maximum atomic E-state index is 13.4. The number of hydrogen-bond donors (Lipinski definition) is 3. The SMILES string of the molecule is CN=C(NCc1ccc(C)cc1)NCc1ccc(F)c(CO)c1.I. The van der Waals surface area contributed by atoms with Crippen molar-refractivity contribution in [2.45, 2.75) is 26.6 Å². The summed E-state index contributed by atoms with van der Waals surface area (Å²) < 4.78 is 13.4. The average molecular weight is 443 g/mol. The van der Waals surface area contributed by atoms with Gasteiger partial charge in [-0.1, -0.05) is 35.9 Å². The molecule has 0 spiro atoms. The summed E-state index contributed by atoms with van der Waals surface area (Å²) in [7, 11) is 1.70. The van der Waals surface area contributed by atoms with Gasteiger partial charge in [0.2, 0.25) is 0 Å². The molecular weight excluding hydrogens is 420 g/mol. The van der Waals surface area contributed by atoms with Gasteiger partial charge in [-0.15, -0.1) is 24.0 Å². The molecule has 0 atom stereocenters. The van der Waals surface area contributed by atoms with Crippen molar-refractivity contribution < 1.29 is 9.50 Å². The van der Waals surface area contributed by atoms with Gasteiger partial charge in [0, 0.05) is 25.7 Å². The Labute approximate surface area is 159 Å². The Kier molecular flexibility index (Phi) is 8.70. The van der Waals surface area contributed by atoms with Gasteiger partial charge in [-0.05, 0) is 30.2 Å². The summed E-state index contributed by atoms with van der Waals surface area (Å²) in [5.41, 5.74) is 3.58. The van der Waals surface area contributed by atoms with Crippen LogP contribution in [-0.4, -0.2) is 18.1 Å². The smallest absolute Gasteiger partial charge is 0.191 e. The van der Waals surface area contributed by atoms with E-state index in [1.807, 2.05) is 0 Å². The summed E-state index contributed by atoms with van der Waals surface area (Å²) >= 11 is 0. The fourth-order valence-corrected chi connectivity index (χ4v) is 2.16. The number of hydrogen-bond acceptors (Lipinski definition) is 2. The lowest BCUT2D eigenvalue weighted by Gasteiger charge is -2.13. The second kappa shape index (κ2) is 10.2. The Balaban J connectivity index is 0.00000288. The molecule has 0 heterocycles. The van der Waals surface area contributed by atoms with Crippen molar-refractivity contribution in [3.05, 3.63) is 70.5 Å². The molecule has 2 aromatic carbocycles. The number of aliphatic imine (C=N–C) groups is 1. The minimum Gasteiger partial charge on any atom is -0.392 e. The molecule has 0 aliphatic heterocycles. The third-order valence-electron chi connectivity index (χ3n) is 3.54. The molecule has 6 heteroatoms. The fourth-order valence-electron chi connectivity index (χ4n) is 2.16. The standard InChI is InChI=1S/C18H22FN3O.HI/c1-13-3-5-14(6-4-13)10-21-18(20-2)22-11-15-7-8-17(19)16(9-15)12-23;/h3-9,23H,10-12H2,1-2H3,(H2,20,21,22);1H. The molecule has 0 amide bonds. The maximum absolute atomic E-state index is 13.4. The van der Waals surface area contributed by atoms with Gasteiger partial charge in [0.1, 0.15) is 5.82 Å². The number of nitrogens with zero attached hydrogens (tertiary/aromatic N) is 1. The number of benzene rings is 2. The predicted octanol–water partition coefficient (Wildman–Crippen LogP) is 3.11. The van der Waals surface area contributed by atoms with Gasteiger partial charge in [0.25, 0.3) is 0 Å². The van der Waals surface area contributed by atoms with Crippen molar-refractivity contribution in [1.82, 2.24) is 10.6 Å². The lowest BCUT2D eigenvalue weighted by molar-refractivity contribution is 0.275. The first kappa shape index (κ1) is 20.4. The van der Waals surface area contributed by atoms with Crippen LogP contribution in [0.15, 0.2) is 47.5 Å². The van der Waals surface area contributed by atoms with Crippen LogP contribution in [0.1, 0.15) is 22.3 Å². The second-order valence-electron chi connectivity index (χ2n) is 5.35. The van der Waals surface area contributed by atoms with Crippen molar-refractivity contribution >= 4 is 29.9 Å². The monoisotopic (exact) mass is 443 g/mol. The van der Waals surface area contributed by atoms with Crippen LogP contribution >= 0.6 is 24.0 Å². The molecule has 130 valence electrons. The summed E-state index contributed by atoms with van der Waals surface area (Å²) in [5, 5.41) is 15.5. The van der Waals surface area contributed by atoms with E-state index in [1.54, 1.807) is 19.2 Å². The van der Waals surface area contributed by atoms with Crippen molar-refractivity contribution in [3.8, 4) is 0 Å². The molecule has 4 nitrogen and oxygen atoms in total. The third kappa shape index (κ3) is 6.09. The molecule has 3 N–H and O–H groups in total. The average Bonchev–Trinajstić information content (AvgIpc) is 2.57. The molecule has 0 bridgehead atoms. The zero-order chi connectivity index (χ0) is 16.7. The predicted molar refractivity (Wildman–Crippen MR) is 106 cm³/mol. The van der Waals surface area contributed by atoms with Gasteiger partial charge in [-0.3, -0.25) is 4.99 Å². The van der Waals surface area contributed by atoms with Crippen molar-refractivity contribution in [3.63, 3.8) is 0 Å². The van der Waals surface area contributed by atoms with Gasteiger partial charge in [-0.2, -0.15) is 0 Å². The van der Waals surface area contributed by atoms with E-state index in [4.69, 9.17) is 5.11 Å². The van der Waals surface area contributed by atoms with E-state index >= 15 is 0 Å². The highest BCUT2D eigenvalue weighted by Crippen LogP contribution is 2.10. The number of rotatable bonds is 5. The van der Waals surface area contributed by atoms with Crippen LogP contribution in [0.25, 0.3) is 0 Å². The van der Waals surface area contributed by atoms with Crippen LogP contribution in [0.5, 0.6) is 0 Å². The van der Waals surface area contributed by atoms with Crippen LogP contribution in [-0.2, 0) is 19.7 Å². The molecule has 0 saturated carbocycles. The van der Waals surface area contributed by atoms with Gasteiger partial charge in [-0.25, -0.2) is 4.39 Å². The molecule has 0 aromatic heterocycles. The Morgan fingerprint density at radius 3 is 2.21 bits per heavy atom. The molecule has 0 unspecified atom stereocenters. The summed E-state index contributed by atoms with van der Waals surface area (Å²) in [4.78, 5) is 4.17. The first-order valence-electron chi connectivity index (χ1n) is 7.50. The second-order valence-corrected chi connectivity index (χ2v) is 5.35. The van der Waals surface area contributed by atoms with Crippen LogP contribution in [0.4, 0.5) is 4.39 Å². The number of guanidine groups is 1. The molecule has 0 aliphatic carbocycles. The number of aliphatic hydroxyl groups is 1.